The number of rotatable bonds is 7. The van der Waals surface area contributed by atoms with Crippen LogP contribution < -0.4 is 11.1 Å². The summed E-state index contributed by atoms with van der Waals surface area (Å²) in [5, 5.41) is 3.90. The molecule has 0 aliphatic rings. The first-order valence-electron chi connectivity index (χ1n) is 12.3. The zero-order valence-electron chi connectivity index (χ0n) is 21.1. The molecule has 190 valence electrons. The fourth-order valence-electron chi connectivity index (χ4n) is 4.63. The number of amides is 2. The molecule has 0 radical (unpaired) electrons. The van der Waals surface area contributed by atoms with E-state index in [1.807, 2.05) is 80.6 Å². The zero-order chi connectivity index (χ0) is 26.9. The van der Waals surface area contributed by atoms with Gasteiger partial charge in [-0.25, -0.2) is 4.39 Å². The van der Waals surface area contributed by atoms with E-state index in [1.165, 1.54) is 23.5 Å². The number of fused-ring (bicyclic) bond motifs is 1. The minimum Gasteiger partial charge on any atom is -0.366 e. The summed E-state index contributed by atoms with van der Waals surface area (Å²) in [6, 6.07) is 29.4. The fourth-order valence-corrected chi connectivity index (χ4v) is 5.86. The van der Waals surface area contributed by atoms with Gasteiger partial charge in [0, 0.05) is 26.9 Å². The van der Waals surface area contributed by atoms with Gasteiger partial charge in [0.25, 0.3) is 5.91 Å². The monoisotopic (exact) mass is 522 g/mol. The molecule has 0 unspecified atom stereocenters. The van der Waals surface area contributed by atoms with E-state index in [0.29, 0.717) is 17.5 Å². The summed E-state index contributed by atoms with van der Waals surface area (Å²) in [6.07, 6.45) is 0.486. The van der Waals surface area contributed by atoms with Crippen LogP contribution in [0, 0.1) is 5.82 Å². The number of carbonyl (C=O) groups is 2. The molecular formula is C32H27FN2O2S. The van der Waals surface area contributed by atoms with E-state index in [4.69, 9.17) is 5.73 Å². The standard InChI is InChI=1S/C32H27FN2O2S/c1-32(2,24-9-4-3-5-10-24)35-31(37)23-8-6-7-21(18-23)22-13-16-27-26(19-22)29(30(34)36)28(38-27)17-20-11-14-25(33)15-12-20/h3-16,18-19H,17H2,1-2H3,(H2,34,36)(H,35,37). The summed E-state index contributed by atoms with van der Waals surface area (Å²) in [5.74, 6) is -0.970. The molecule has 4 nitrogen and oxygen atoms in total. The van der Waals surface area contributed by atoms with E-state index >= 15 is 0 Å². The molecule has 0 saturated heterocycles. The SMILES string of the molecule is CC(C)(NC(=O)c1cccc(-c2ccc3sc(Cc4ccc(F)cc4)c(C(N)=O)c3c2)c1)c1ccccc1. The first-order valence-corrected chi connectivity index (χ1v) is 13.1. The highest BCUT2D eigenvalue weighted by Gasteiger charge is 2.23. The minimum absolute atomic E-state index is 0.170. The summed E-state index contributed by atoms with van der Waals surface area (Å²) >= 11 is 1.51. The lowest BCUT2D eigenvalue weighted by atomic mass is 9.93. The number of halogens is 1. The molecule has 2 amide bonds. The third-order valence-electron chi connectivity index (χ3n) is 6.66. The number of nitrogens with one attached hydrogen (secondary N) is 1. The Bertz CT molecular complexity index is 1640. The fraction of sp³-hybridized carbons (Fsp3) is 0.125. The molecule has 3 N–H and O–H groups in total. The first-order chi connectivity index (χ1) is 18.2. The second kappa shape index (κ2) is 10.2. The molecule has 5 rings (SSSR count). The first kappa shape index (κ1) is 25.4. The third-order valence-corrected chi connectivity index (χ3v) is 7.84. The van der Waals surface area contributed by atoms with Crippen molar-refractivity contribution in [1.29, 1.82) is 0 Å². The van der Waals surface area contributed by atoms with E-state index in [0.717, 1.165) is 37.2 Å². The van der Waals surface area contributed by atoms with Crippen LogP contribution in [-0.4, -0.2) is 11.8 Å². The molecule has 0 fully saturated rings. The maximum Gasteiger partial charge on any atom is 0.251 e. The molecule has 38 heavy (non-hydrogen) atoms. The topological polar surface area (TPSA) is 72.2 Å². The van der Waals surface area contributed by atoms with Crippen molar-refractivity contribution in [2.24, 2.45) is 5.73 Å². The number of carbonyl (C=O) groups excluding carboxylic acids is 2. The number of hydrogen-bond acceptors (Lipinski definition) is 3. The average molecular weight is 523 g/mol. The van der Waals surface area contributed by atoms with Crippen molar-refractivity contribution in [3.05, 3.63) is 130 Å². The third kappa shape index (κ3) is 5.22. The summed E-state index contributed by atoms with van der Waals surface area (Å²) < 4.78 is 14.3. The van der Waals surface area contributed by atoms with Crippen molar-refractivity contribution in [1.82, 2.24) is 5.32 Å². The molecule has 0 atom stereocenters. The van der Waals surface area contributed by atoms with Crippen LogP contribution in [0.3, 0.4) is 0 Å². The Morgan fingerprint density at radius 1 is 0.868 bits per heavy atom. The second-order valence-corrected chi connectivity index (χ2v) is 10.9. The van der Waals surface area contributed by atoms with Gasteiger partial charge >= 0.3 is 0 Å². The zero-order valence-corrected chi connectivity index (χ0v) is 21.9. The van der Waals surface area contributed by atoms with Gasteiger partial charge in [-0.05, 0) is 72.5 Å². The summed E-state index contributed by atoms with van der Waals surface area (Å²) in [4.78, 5) is 26.5. The highest BCUT2D eigenvalue weighted by Crippen LogP contribution is 2.36. The van der Waals surface area contributed by atoms with Gasteiger partial charge in [0.1, 0.15) is 5.82 Å². The van der Waals surface area contributed by atoms with Crippen molar-refractivity contribution >= 4 is 33.2 Å². The van der Waals surface area contributed by atoms with Crippen molar-refractivity contribution in [2.45, 2.75) is 25.8 Å². The lowest BCUT2D eigenvalue weighted by Gasteiger charge is -2.27. The minimum atomic E-state index is -0.540. The number of hydrogen-bond donors (Lipinski definition) is 2. The predicted octanol–water partition coefficient (Wildman–Crippen LogP) is 7.06. The molecule has 0 bridgehead atoms. The van der Waals surface area contributed by atoms with E-state index < -0.39 is 11.4 Å². The van der Waals surface area contributed by atoms with Crippen LogP contribution in [0.2, 0.25) is 0 Å². The van der Waals surface area contributed by atoms with Gasteiger partial charge in [-0.2, -0.15) is 0 Å². The Morgan fingerprint density at radius 2 is 1.58 bits per heavy atom. The van der Waals surface area contributed by atoms with Crippen molar-refractivity contribution in [3.63, 3.8) is 0 Å². The molecule has 5 aromatic rings. The van der Waals surface area contributed by atoms with Gasteiger partial charge in [-0.15, -0.1) is 11.3 Å². The van der Waals surface area contributed by atoms with Gasteiger partial charge in [0.2, 0.25) is 5.91 Å². The van der Waals surface area contributed by atoms with Crippen molar-refractivity contribution < 1.29 is 14.0 Å². The van der Waals surface area contributed by atoms with E-state index in [2.05, 4.69) is 5.32 Å². The van der Waals surface area contributed by atoms with E-state index in [9.17, 15) is 14.0 Å². The van der Waals surface area contributed by atoms with E-state index in [-0.39, 0.29) is 11.7 Å². The van der Waals surface area contributed by atoms with Crippen LogP contribution in [0.4, 0.5) is 4.39 Å². The van der Waals surface area contributed by atoms with Gasteiger partial charge in [0.15, 0.2) is 0 Å². The maximum atomic E-state index is 13.3. The summed E-state index contributed by atoms with van der Waals surface area (Å²) in [7, 11) is 0. The number of benzene rings is 4. The van der Waals surface area contributed by atoms with Crippen LogP contribution in [0.25, 0.3) is 21.2 Å². The quantitative estimate of drug-likeness (QED) is 0.240. The predicted molar refractivity (Wildman–Crippen MR) is 152 cm³/mol. The van der Waals surface area contributed by atoms with Gasteiger partial charge < -0.3 is 11.1 Å². The lowest BCUT2D eigenvalue weighted by Crippen LogP contribution is -2.40. The average Bonchev–Trinajstić information content (AvgIpc) is 3.27. The smallest absolute Gasteiger partial charge is 0.251 e. The molecular weight excluding hydrogens is 495 g/mol. The second-order valence-electron chi connectivity index (χ2n) is 9.80. The van der Waals surface area contributed by atoms with Crippen LogP contribution in [0.1, 0.15) is 50.6 Å². The Balaban J connectivity index is 1.46. The summed E-state index contributed by atoms with van der Waals surface area (Å²) in [6.45, 7) is 3.95. The summed E-state index contributed by atoms with van der Waals surface area (Å²) in [5.41, 5.74) is 9.96. The van der Waals surface area contributed by atoms with Gasteiger partial charge in [0.05, 0.1) is 11.1 Å². The Hall–Kier alpha value is -4.29. The molecule has 0 saturated carbocycles. The van der Waals surface area contributed by atoms with Crippen LogP contribution in [-0.2, 0) is 12.0 Å². The van der Waals surface area contributed by atoms with E-state index in [1.54, 1.807) is 18.2 Å². The molecule has 6 heteroatoms. The molecule has 0 spiro atoms. The van der Waals surface area contributed by atoms with Gasteiger partial charge in [-0.1, -0.05) is 60.7 Å². The van der Waals surface area contributed by atoms with Crippen LogP contribution in [0.15, 0.2) is 97.1 Å². The van der Waals surface area contributed by atoms with Crippen molar-refractivity contribution in [2.75, 3.05) is 0 Å². The number of primary amides is 1. The maximum absolute atomic E-state index is 13.3. The molecule has 4 aromatic carbocycles. The molecule has 0 aliphatic heterocycles. The molecule has 0 aliphatic carbocycles. The highest BCUT2D eigenvalue weighted by atomic mass is 32.1. The normalized spacial score (nSPS) is 11.4. The van der Waals surface area contributed by atoms with Gasteiger partial charge in [-0.3, -0.25) is 9.59 Å². The number of nitrogens with two attached hydrogens (primary N) is 1. The largest absolute Gasteiger partial charge is 0.366 e. The Kier molecular flexibility index (Phi) is 6.83. The number of thiophene rings is 1. The van der Waals surface area contributed by atoms with Crippen LogP contribution in [0.5, 0.6) is 0 Å². The van der Waals surface area contributed by atoms with Crippen molar-refractivity contribution in [3.8, 4) is 11.1 Å². The van der Waals surface area contributed by atoms with Crippen LogP contribution >= 0.6 is 11.3 Å². The Labute approximate surface area is 224 Å². The lowest BCUT2D eigenvalue weighted by molar-refractivity contribution is 0.0911. The molecule has 1 aromatic heterocycles. The molecule has 1 heterocycles. The highest BCUT2D eigenvalue weighted by molar-refractivity contribution is 7.19. The Morgan fingerprint density at radius 3 is 2.29 bits per heavy atom.